The van der Waals surface area contributed by atoms with Crippen LogP contribution in [-0.4, -0.2) is 117 Å². The van der Waals surface area contributed by atoms with Gasteiger partial charge in [0.05, 0.1) is 34.0 Å². The molecule has 10 atom stereocenters. The van der Waals surface area contributed by atoms with Crippen molar-refractivity contribution in [3.8, 4) is 22.3 Å². The summed E-state index contributed by atoms with van der Waals surface area (Å²) in [6.45, 7) is 17.0. The number of anilines is 5. The normalized spacial score (nSPS) is 25.6. The highest BCUT2D eigenvalue weighted by atomic mass is 35.5. The highest BCUT2D eigenvalue weighted by molar-refractivity contribution is 6.38. The van der Waals surface area contributed by atoms with E-state index in [4.69, 9.17) is 82.7 Å². The van der Waals surface area contributed by atoms with Crippen LogP contribution in [0.5, 0.6) is 0 Å². The average Bonchev–Trinajstić information content (AvgIpc) is 1.43. The number of hydrogen-bond donors (Lipinski definition) is 8. The lowest BCUT2D eigenvalue weighted by atomic mass is 9.81. The third-order valence-corrected chi connectivity index (χ3v) is 22.5. The number of nitrogens with zero attached hydrogens (tertiary/aromatic N) is 2. The van der Waals surface area contributed by atoms with Crippen molar-refractivity contribution in [2.24, 2.45) is 47.2 Å². The van der Waals surface area contributed by atoms with Gasteiger partial charge in [-0.05, 0) is 226 Å². The predicted octanol–water partition coefficient (Wildman–Crippen LogP) is 16.6. The number of pyridine rings is 2. The lowest BCUT2D eigenvalue weighted by molar-refractivity contribution is -0.186. The molecule has 9 N–H and O–H groups in total. The number of piperidine rings is 1. The first kappa shape index (κ1) is 74.4. The molecule has 11 rings (SSSR count). The van der Waals surface area contributed by atoms with Crippen LogP contribution in [0.3, 0.4) is 0 Å². The maximum atomic E-state index is 14.3. The summed E-state index contributed by atoms with van der Waals surface area (Å²) in [6.07, 6.45) is 17.2. The van der Waals surface area contributed by atoms with Gasteiger partial charge in [0.1, 0.15) is 11.6 Å². The second kappa shape index (κ2) is 34.9. The van der Waals surface area contributed by atoms with Gasteiger partial charge in [-0.15, -0.1) is 0 Å². The molecule has 0 radical (unpaired) electrons. The molecule has 6 fully saturated rings. The number of rotatable bonds is 24. The van der Waals surface area contributed by atoms with Gasteiger partial charge in [-0.1, -0.05) is 83.1 Å². The summed E-state index contributed by atoms with van der Waals surface area (Å²) >= 11 is 34.3. The second-order valence-corrected chi connectivity index (χ2v) is 30.6. The third-order valence-electron chi connectivity index (χ3n) is 20.8. The summed E-state index contributed by atoms with van der Waals surface area (Å²) in [5, 5.41) is 26.2. The van der Waals surface area contributed by atoms with E-state index >= 15 is 0 Å². The summed E-state index contributed by atoms with van der Waals surface area (Å²) in [6, 6.07) is 23.2. The van der Waals surface area contributed by atoms with E-state index in [2.05, 4.69) is 93.1 Å². The molecule has 99 heavy (non-hydrogen) atoms. The van der Waals surface area contributed by atoms with E-state index in [1.807, 2.05) is 61.5 Å². The lowest BCUT2D eigenvalue weighted by Gasteiger charge is -2.45. The molecular weight excluding hydrogens is 1350 g/mol. The van der Waals surface area contributed by atoms with Crippen molar-refractivity contribution in [2.75, 3.05) is 85.7 Å². The van der Waals surface area contributed by atoms with Crippen LogP contribution in [0.25, 0.3) is 27.8 Å². The van der Waals surface area contributed by atoms with Crippen LogP contribution in [0.2, 0.25) is 20.1 Å². The quantitative estimate of drug-likeness (QED) is 0.0269. The number of hydrogen-bond acceptors (Lipinski definition) is 14. The molecule has 10 unspecified atom stereocenters. The zero-order valence-corrected chi connectivity index (χ0v) is 61.4. The first-order chi connectivity index (χ1) is 47.7. The number of carbonyl (C=O) groups excluding carboxylic acids is 3. The Labute approximate surface area is 609 Å². The van der Waals surface area contributed by atoms with Crippen molar-refractivity contribution in [1.82, 2.24) is 20.6 Å². The van der Waals surface area contributed by atoms with Gasteiger partial charge in [0, 0.05) is 154 Å². The molecule has 1 aliphatic carbocycles. The van der Waals surface area contributed by atoms with Gasteiger partial charge in [-0.2, -0.15) is 0 Å². The van der Waals surface area contributed by atoms with E-state index in [1.54, 1.807) is 24.5 Å². The Balaban J connectivity index is 0.663. The first-order valence-corrected chi connectivity index (χ1v) is 37.5. The van der Waals surface area contributed by atoms with E-state index in [0.29, 0.717) is 124 Å². The summed E-state index contributed by atoms with van der Waals surface area (Å²) in [7, 11) is 0. The van der Waals surface area contributed by atoms with Crippen LogP contribution in [0.1, 0.15) is 130 Å². The van der Waals surface area contributed by atoms with Crippen molar-refractivity contribution < 1.29 is 33.3 Å². The fraction of sp³-hybridized carbons (Fsp3) is 0.519. The van der Waals surface area contributed by atoms with E-state index in [-0.39, 0.29) is 71.7 Å². The van der Waals surface area contributed by atoms with Crippen LogP contribution in [0.4, 0.5) is 28.7 Å². The van der Waals surface area contributed by atoms with Gasteiger partial charge < -0.3 is 61.9 Å². The number of carbonyl (C=O) groups is 3. The van der Waals surface area contributed by atoms with Crippen molar-refractivity contribution in [3.05, 3.63) is 139 Å². The maximum absolute atomic E-state index is 14.3. The number of benzene rings is 3. The Morgan fingerprint density at radius 3 is 1.90 bits per heavy atom. The molecule has 532 valence electrons. The van der Waals surface area contributed by atoms with Crippen LogP contribution in [0.15, 0.2) is 114 Å². The minimum atomic E-state index is -0.425. The fourth-order valence-electron chi connectivity index (χ4n) is 15.2. The molecule has 7 heterocycles. The van der Waals surface area contributed by atoms with Crippen molar-refractivity contribution in [3.63, 3.8) is 0 Å². The largest absolute Gasteiger partial charge is 0.385 e. The Morgan fingerprint density at radius 2 is 1.25 bits per heavy atom. The number of allylic oxidation sites excluding steroid dienone is 5. The molecule has 22 heteroatoms. The van der Waals surface area contributed by atoms with Crippen molar-refractivity contribution in [2.45, 2.75) is 154 Å². The minimum Gasteiger partial charge on any atom is -0.385 e. The molecule has 5 aromatic rings. The maximum Gasteiger partial charge on any atom is 0.228 e. The first-order valence-electron chi connectivity index (χ1n) is 35.6. The Kier molecular flexibility index (Phi) is 26.2. The van der Waals surface area contributed by atoms with E-state index in [1.165, 1.54) is 0 Å². The topological polar surface area (TPSA) is 224 Å². The standard InChI is InChI=1S/C77H97Cl5N10O7/c1-6-45(3)68(90-74(93)28-47-10-9-21-84-39-47)35-56(62(78)7-2)50-11-8-12-53(29-50)87-42-49-27-71(99-77(4,5)38-49)70-32-51(20-25-98-70)75(94)91-72-36-59(65(81)43-88-72)58-34-55(14-16-64(58)80)86-41-48-19-24-97-69(26-48)61-30-52(31-67(61)83)76(95)92-73-37-60(66(82)44-89-73)57-33-54(13-15-63(57)79)85-40-46-17-22-96-23-18-46/h7-8,11-16,29,33-37,43-44,46-49,51-52,61,67,69-71,84-87H,6,9-10,17-28,30-32,38-42,83H2,1-5H3,(H,90,93)(H,88,91,94)(H,89,92,95). The highest BCUT2D eigenvalue weighted by Gasteiger charge is 2.44. The molecule has 17 nitrogen and oxygen atoms in total. The van der Waals surface area contributed by atoms with Gasteiger partial charge in [0.2, 0.25) is 17.7 Å². The summed E-state index contributed by atoms with van der Waals surface area (Å²) < 4.78 is 25.2. The highest BCUT2D eigenvalue weighted by Crippen LogP contribution is 2.43. The summed E-state index contributed by atoms with van der Waals surface area (Å²) in [4.78, 5) is 50.6. The smallest absolute Gasteiger partial charge is 0.228 e. The van der Waals surface area contributed by atoms with Gasteiger partial charge in [-0.3, -0.25) is 14.4 Å². The Morgan fingerprint density at radius 1 is 0.657 bits per heavy atom. The van der Waals surface area contributed by atoms with Gasteiger partial charge in [0.25, 0.3) is 0 Å². The van der Waals surface area contributed by atoms with E-state index in [9.17, 15) is 14.4 Å². The van der Waals surface area contributed by atoms with Crippen LogP contribution in [0, 0.1) is 41.4 Å². The van der Waals surface area contributed by atoms with Gasteiger partial charge in [0.15, 0.2) is 0 Å². The number of nitrogens with one attached hydrogen (secondary N) is 7. The SMILES string of the molecule is CC=C(Cl)C(=CC(NC(=O)CC1CCCNC1)=C(C)CC)c1cccc(NCC2CC(C3CC(C(=O)Nc4cc(-c5cc(NCC6CCOC(C7CC(C(=O)Nc8cc(-c9cc(NCC%10CCOCC%10)ccc9Cl)c(Cl)cn8)CC7N)C6)ccc5Cl)c(Cl)cn4)CCO3)OC(C)(C)C2)c1. The third kappa shape index (κ3) is 20.1. The number of amides is 3. The monoisotopic (exact) mass is 1450 g/mol. The van der Waals surface area contributed by atoms with E-state index in [0.717, 1.165) is 136 Å². The molecule has 1 saturated carbocycles. The summed E-state index contributed by atoms with van der Waals surface area (Å²) in [5.41, 5.74) is 15.5. The lowest BCUT2D eigenvalue weighted by Crippen LogP contribution is -2.49. The Hall–Kier alpha value is -5.80. The molecule has 5 aliphatic heterocycles. The fourth-order valence-corrected chi connectivity index (χ4v) is 16.2. The number of nitrogens with two attached hydrogens (primary N) is 1. The van der Waals surface area contributed by atoms with Gasteiger partial charge in [-0.25, -0.2) is 9.97 Å². The van der Waals surface area contributed by atoms with Crippen LogP contribution >= 0.6 is 58.0 Å². The molecule has 2 aromatic heterocycles. The van der Waals surface area contributed by atoms with Crippen molar-refractivity contribution in [1.29, 1.82) is 0 Å². The molecular formula is C77H97Cl5N10O7. The number of halogens is 5. The number of aromatic nitrogens is 2. The molecule has 6 aliphatic rings. The van der Waals surface area contributed by atoms with Crippen LogP contribution in [-0.2, 0) is 33.3 Å². The predicted molar refractivity (Wildman–Crippen MR) is 402 cm³/mol. The molecule has 0 bridgehead atoms. The minimum absolute atomic E-state index is 0.000324. The number of ether oxygens (including phenoxy) is 4. The van der Waals surface area contributed by atoms with Crippen LogP contribution < -0.4 is 43.0 Å². The second-order valence-electron chi connectivity index (χ2n) is 28.6. The zero-order chi connectivity index (χ0) is 69.7. The molecule has 5 saturated heterocycles. The molecule has 3 aromatic carbocycles. The average molecular weight is 1450 g/mol. The molecule has 3 amide bonds. The van der Waals surface area contributed by atoms with Gasteiger partial charge >= 0.3 is 0 Å². The van der Waals surface area contributed by atoms with E-state index < -0.39 is 5.60 Å². The Bertz CT molecular complexity index is 3750. The molecule has 0 spiro atoms. The van der Waals surface area contributed by atoms with Crippen molar-refractivity contribution >= 4 is 110 Å². The zero-order valence-electron chi connectivity index (χ0n) is 57.6. The summed E-state index contributed by atoms with van der Waals surface area (Å²) in [5.74, 6) is 1.21.